The van der Waals surface area contributed by atoms with Gasteiger partial charge in [-0.2, -0.15) is 0 Å². The lowest BCUT2D eigenvalue weighted by molar-refractivity contribution is -0.134. The Morgan fingerprint density at radius 3 is 1.88 bits per heavy atom. The molecule has 0 bridgehead atoms. The number of allylic oxidation sites excluding steroid dienone is 2. The van der Waals surface area contributed by atoms with Crippen molar-refractivity contribution in [3.63, 3.8) is 0 Å². The van der Waals surface area contributed by atoms with E-state index in [-0.39, 0.29) is 0 Å². The summed E-state index contributed by atoms with van der Waals surface area (Å²) in [6.07, 6.45) is 14.4. The Morgan fingerprint density at radius 1 is 1.00 bits per heavy atom. The Bertz CT molecular complexity index is 172. The predicted octanol–water partition coefficient (Wildman–Crippen LogP) is 3.77. The van der Waals surface area contributed by atoms with E-state index in [4.69, 9.17) is 15.0 Å². The fourth-order valence-electron chi connectivity index (χ4n) is 1.30. The van der Waals surface area contributed by atoms with E-state index in [0.717, 1.165) is 26.2 Å². The lowest BCUT2D eigenvalue weighted by atomic mass is 10.1. The minimum absolute atomic E-state index is 0.338. The van der Waals surface area contributed by atoms with Crippen LogP contribution in [0.5, 0.6) is 0 Å². The van der Waals surface area contributed by atoms with Crippen molar-refractivity contribution in [2.45, 2.75) is 65.2 Å². The molecule has 0 rings (SSSR count). The van der Waals surface area contributed by atoms with Crippen LogP contribution in [0.4, 0.5) is 0 Å². The third-order valence-electron chi connectivity index (χ3n) is 2.17. The first kappa shape index (κ1) is 18.5. The van der Waals surface area contributed by atoms with Gasteiger partial charge < -0.3 is 10.2 Å². The molecule has 2 N–H and O–H groups in total. The Balaban J connectivity index is 0. The topological polar surface area (TPSA) is 57.5 Å². The summed E-state index contributed by atoms with van der Waals surface area (Å²) >= 11 is 0. The van der Waals surface area contributed by atoms with E-state index >= 15 is 0 Å². The molecular weight excluding hydrogens is 216 g/mol. The second-order valence-electron chi connectivity index (χ2n) is 4.06. The molecule has 0 aliphatic carbocycles. The second kappa shape index (κ2) is 17.6. The molecule has 0 aromatic rings. The van der Waals surface area contributed by atoms with Gasteiger partial charge in [-0.1, -0.05) is 38.3 Å². The first-order valence-corrected chi connectivity index (χ1v) is 6.60. The summed E-state index contributed by atoms with van der Waals surface area (Å²) in [5.41, 5.74) is 0. The molecule has 0 saturated heterocycles. The van der Waals surface area contributed by atoms with Crippen molar-refractivity contribution < 1.29 is 15.0 Å². The van der Waals surface area contributed by atoms with Gasteiger partial charge in [0.1, 0.15) is 0 Å². The maximum atomic E-state index is 9.00. The summed E-state index contributed by atoms with van der Waals surface area (Å²) in [6.45, 7) is 3.66. The number of unbranched alkanes of at least 4 members (excludes halogenated alkanes) is 6. The van der Waals surface area contributed by atoms with Crippen molar-refractivity contribution in [2.75, 3.05) is 6.61 Å². The van der Waals surface area contributed by atoms with E-state index in [1.165, 1.54) is 32.1 Å². The molecule has 0 atom stereocenters. The molecule has 0 amide bonds. The average Bonchev–Trinajstić information content (AvgIpc) is 2.26. The Hall–Kier alpha value is -0.830. The Labute approximate surface area is 106 Å². The molecule has 0 aromatic heterocycles. The molecule has 0 aromatic carbocycles. The van der Waals surface area contributed by atoms with Crippen LogP contribution >= 0.6 is 0 Å². The van der Waals surface area contributed by atoms with Crippen molar-refractivity contribution in [3.05, 3.63) is 12.2 Å². The van der Waals surface area contributed by atoms with Crippen molar-refractivity contribution in [3.8, 4) is 0 Å². The van der Waals surface area contributed by atoms with E-state index in [2.05, 4.69) is 19.1 Å². The highest BCUT2D eigenvalue weighted by atomic mass is 16.4. The van der Waals surface area contributed by atoms with Crippen LogP contribution in [0, 0.1) is 0 Å². The quantitative estimate of drug-likeness (QED) is 0.479. The average molecular weight is 244 g/mol. The first-order chi connectivity index (χ1) is 8.15. The van der Waals surface area contributed by atoms with Gasteiger partial charge in [-0.05, 0) is 32.1 Å². The van der Waals surface area contributed by atoms with Crippen LogP contribution < -0.4 is 0 Å². The van der Waals surface area contributed by atoms with E-state index in [0.29, 0.717) is 6.61 Å². The molecule has 102 valence electrons. The third kappa shape index (κ3) is 31.3. The highest BCUT2D eigenvalue weighted by Crippen LogP contribution is 2.04. The fourth-order valence-corrected chi connectivity index (χ4v) is 1.30. The molecule has 0 heterocycles. The van der Waals surface area contributed by atoms with Gasteiger partial charge in [-0.3, -0.25) is 4.79 Å². The van der Waals surface area contributed by atoms with Crippen molar-refractivity contribution in [2.24, 2.45) is 0 Å². The van der Waals surface area contributed by atoms with Crippen LogP contribution in [0.15, 0.2) is 12.2 Å². The molecule has 0 aliphatic rings. The van der Waals surface area contributed by atoms with Gasteiger partial charge in [-0.25, -0.2) is 0 Å². The van der Waals surface area contributed by atoms with Crippen molar-refractivity contribution >= 4 is 5.97 Å². The van der Waals surface area contributed by atoms with Gasteiger partial charge in [-0.15, -0.1) is 0 Å². The van der Waals surface area contributed by atoms with Gasteiger partial charge in [0.05, 0.1) is 0 Å². The van der Waals surface area contributed by atoms with Crippen LogP contribution in [0.1, 0.15) is 65.2 Å². The van der Waals surface area contributed by atoms with E-state index in [9.17, 15) is 0 Å². The summed E-state index contributed by atoms with van der Waals surface area (Å²) in [7, 11) is 0. The van der Waals surface area contributed by atoms with Gasteiger partial charge in [0.15, 0.2) is 0 Å². The maximum absolute atomic E-state index is 9.00. The standard InChI is InChI=1S/C12H24O.C2H4O2/c1-2-3-4-5-6-7-8-9-10-11-12-13;1-2(3)4/h7-8,13H,2-6,9-12H2,1H3;1H3,(H,3,4)/b8-7-;. The van der Waals surface area contributed by atoms with Gasteiger partial charge in [0, 0.05) is 13.5 Å². The number of carboxylic acids is 1. The molecule has 0 spiro atoms. The van der Waals surface area contributed by atoms with Gasteiger partial charge >= 0.3 is 0 Å². The molecule has 3 heteroatoms. The largest absolute Gasteiger partial charge is 0.481 e. The summed E-state index contributed by atoms with van der Waals surface area (Å²) in [4.78, 5) is 9.00. The summed E-state index contributed by atoms with van der Waals surface area (Å²) in [5, 5.41) is 16.0. The number of carbonyl (C=O) groups is 1. The Kier molecular flexibility index (Phi) is 19.1. The normalized spacial score (nSPS) is 10.1. The zero-order chi connectivity index (χ0) is 13.4. The zero-order valence-corrected chi connectivity index (χ0v) is 11.3. The lowest BCUT2D eigenvalue weighted by Crippen LogP contribution is -1.80. The molecule has 0 radical (unpaired) electrons. The first-order valence-electron chi connectivity index (χ1n) is 6.60. The highest BCUT2D eigenvalue weighted by Gasteiger charge is 1.85. The van der Waals surface area contributed by atoms with Crippen LogP contribution in [0.25, 0.3) is 0 Å². The number of hydrogen-bond acceptors (Lipinski definition) is 2. The van der Waals surface area contributed by atoms with Crippen LogP contribution in [-0.4, -0.2) is 22.8 Å². The second-order valence-corrected chi connectivity index (χ2v) is 4.06. The predicted molar refractivity (Wildman–Crippen MR) is 72.1 cm³/mol. The number of hydrogen-bond donors (Lipinski definition) is 2. The minimum atomic E-state index is -0.833. The maximum Gasteiger partial charge on any atom is 0.300 e. The molecule has 0 unspecified atom stereocenters. The number of aliphatic hydroxyl groups excluding tert-OH is 1. The van der Waals surface area contributed by atoms with Crippen molar-refractivity contribution in [1.82, 2.24) is 0 Å². The fraction of sp³-hybridized carbons (Fsp3) is 0.786. The van der Waals surface area contributed by atoms with Crippen LogP contribution in [0.3, 0.4) is 0 Å². The summed E-state index contributed by atoms with van der Waals surface area (Å²) < 4.78 is 0. The molecule has 17 heavy (non-hydrogen) atoms. The smallest absolute Gasteiger partial charge is 0.300 e. The van der Waals surface area contributed by atoms with E-state index in [1.54, 1.807) is 0 Å². The van der Waals surface area contributed by atoms with Gasteiger partial charge in [0.2, 0.25) is 0 Å². The third-order valence-corrected chi connectivity index (χ3v) is 2.17. The molecule has 0 fully saturated rings. The van der Waals surface area contributed by atoms with E-state index < -0.39 is 5.97 Å². The monoisotopic (exact) mass is 244 g/mol. The summed E-state index contributed by atoms with van der Waals surface area (Å²) in [5.74, 6) is -0.833. The molecule has 0 aliphatic heterocycles. The minimum Gasteiger partial charge on any atom is -0.481 e. The van der Waals surface area contributed by atoms with Crippen LogP contribution in [-0.2, 0) is 4.79 Å². The Morgan fingerprint density at radius 2 is 1.47 bits per heavy atom. The molecular formula is C14H28O3. The SMILES string of the molecule is CC(=O)O.CCCCCC/C=C\CCCCO. The number of rotatable bonds is 9. The van der Waals surface area contributed by atoms with Gasteiger partial charge in [0.25, 0.3) is 5.97 Å². The van der Waals surface area contributed by atoms with Crippen LogP contribution in [0.2, 0.25) is 0 Å². The number of carboxylic acid groups (broad SMARTS) is 1. The summed E-state index contributed by atoms with van der Waals surface area (Å²) in [6, 6.07) is 0. The highest BCUT2D eigenvalue weighted by molar-refractivity contribution is 5.62. The number of aliphatic hydroxyl groups is 1. The molecule has 3 nitrogen and oxygen atoms in total. The van der Waals surface area contributed by atoms with Crippen molar-refractivity contribution in [1.29, 1.82) is 0 Å². The lowest BCUT2D eigenvalue weighted by Gasteiger charge is -1.94. The number of aliphatic carboxylic acids is 1. The van der Waals surface area contributed by atoms with E-state index in [1.807, 2.05) is 0 Å². The zero-order valence-electron chi connectivity index (χ0n) is 11.3. The molecule has 0 saturated carbocycles.